The lowest BCUT2D eigenvalue weighted by Gasteiger charge is -2.32. The number of hydrogen-bond donors (Lipinski definition) is 1. The molecule has 1 aliphatic heterocycles. The van der Waals surface area contributed by atoms with Gasteiger partial charge in [-0.1, -0.05) is 36.0 Å². The van der Waals surface area contributed by atoms with Crippen LogP contribution in [0.1, 0.15) is 13.3 Å². The Morgan fingerprint density at radius 1 is 1.05 bits per heavy atom. The highest BCUT2D eigenvalue weighted by atomic mass is 32.2. The Labute approximate surface area is 129 Å². The van der Waals surface area contributed by atoms with Crippen LogP contribution in [0.2, 0.25) is 0 Å². The first-order valence-electron chi connectivity index (χ1n) is 7.19. The summed E-state index contributed by atoms with van der Waals surface area (Å²) in [7, 11) is 0. The molecule has 4 heteroatoms. The largest absolute Gasteiger partial charge is 0.356 e. The minimum Gasteiger partial charge on any atom is -0.356 e. The van der Waals surface area contributed by atoms with Crippen molar-refractivity contribution in [1.29, 1.82) is 0 Å². The average Bonchev–Trinajstić information content (AvgIpc) is 2.51. The van der Waals surface area contributed by atoms with Gasteiger partial charge in [-0.2, -0.15) is 0 Å². The predicted octanol–water partition coefficient (Wildman–Crippen LogP) is 3.82. The number of benzene rings is 2. The van der Waals surface area contributed by atoms with Gasteiger partial charge in [-0.25, -0.2) is 0 Å². The summed E-state index contributed by atoms with van der Waals surface area (Å²) >= 11 is 1.79. The van der Waals surface area contributed by atoms with E-state index in [9.17, 15) is 4.79 Å². The van der Waals surface area contributed by atoms with Crippen LogP contribution in [0.4, 0.5) is 11.4 Å². The van der Waals surface area contributed by atoms with Gasteiger partial charge >= 0.3 is 0 Å². The molecule has 3 nitrogen and oxygen atoms in total. The smallest absolute Gasteiger partial charge is 0.221 e. The molecule has 0 saturated carbocycles. The second kappa shape index (κ2) is 6.22. The van der Waals surface area contributed by atoms with Crippen LogP contribution in [0.3, 0.4) is 0 Å². The van der Waals surface area contributed by atoms with Crippen molar-refractivity contribution in [3.05, 3.63) is 48.5 Å². The van der Waals surface area contributed by atoms with Crippen LogP contribution in [0, 0.1) is 0 Å². The van der Waals surface area contributed by atoms with Gasteiger partial charge in [0.25, 0.3) is 0 Å². The minimum atomic E-state index is 0.102. The number of fused-ring (bicyclic) bond motifs is 2. The molecule has 0 atom stereocenters. The van der Waals surface area contributed by atoms with E-state index in [0.29, 0.717) is 19.5 Å². The van der Waals surface area contributed by atoms with Gasteiger partial charge in [0.1, 0.15) is 0 Å². The zero-order valence-corrected chi connectivity index (χ0v) is 12.8. The van der Waals surface area contributed by atoms with Crippen LogP contribution in [0.15, 0.2) is 58.3 Å². The lowest BCUT2D eigenvalue weighted by molar-refractivity contribution is -0.120. The molecule has 2 aromatic rings. The summed E-state index contributed by atoms with van der Waals surface area (Å²) in [5, 5.41) is 2.86. The fraction of sp³-hybridized carbons (Fsp3) is 0.235. The first-order valence-corrected chi connectivity index (χ1v) is 8.01. The molecule has 108 valence electrons. The number of nitrogens with zero attached hydrogens (tertiary/aromatic N) is 1. The Hall–Kier alpha value is -1.94. The SMILES string of the molecule is CCNC(=O)CCN1c2ccccc2Sc2ccccc21. The van der Waals surface area contributed by atoms with Crippen LogP contribution in [0.5, 0.6) is 0 Å². The minimum absolute atomic E-state index is 0.102. The molecule has 1 N–H and O–H groups in total. The van der Waals surface area contributed by atoms with Crippen molar-refractivity contribution in [3.8, 4) is 0 Å². The summed E-state index contributed by atoms with van der Waals surface area (Å²) in [5.74, 6) is 0.102. The molecule has 0 saturated heterocycles. The molecule has 0 spiro atoms. The molecule has 0 fully saturated rings. The van der Waals surface area contributed by atoms with Crippen LogP contribution >= 0.6 is 11.8 Å². The van der Waals surface area contributed by atoms with E-state index >= 15 is 0 Å². The Morgan fingerprint density at radius 2 is 1.62 bits per heavy atom. The molecule has 3 rings (SSSR count). The number of amides is 1. The topological polar surface area (TPSA) is 32.3 Å². The van der Waals surface area contributed by atoms with Crippen molar-refractivity contribution in [2.75, 3.05) is 18.0 Å². The van der Waals surface area contributed by atoms with Gasteiger partial charge in [-0.05, 0) is 31.2 Å². The number of hydrogen-bond acceptors (Lipinski definition) is 3. The zero-order chi connectivity index (χ0) is 14.7. The number of carbonyl (C=O) groups is 1. The lowest BCUT2D eigenvalue weighted by Crippen LogP contribution is -2.29. The van der Waals surface area contributed by atoms with Gasteiger partial charge in [0, 0.05) is 29.3 Å². The second-order valence-corrected chi connectivity index (χ2v) is 5.98. The maximum Gasteiger partial charge on any atom is 0.221 e. The highest BCUT2D eigenvalue weighted by molar-refractivity contribution is 7.99. The van der Waals surface area contributed by atoms with Crippen LogP contribution in [-0.4, -0.2) is 19.0 Å². The monoisotopic (exact) mass is 298 g/mol. The number of carbonyl (C=O) groups excluding carboxylic acids is 1. The fourth-order valence-corrected chi connectivity index (χ4v) is 3.62. The van der Waals surface area contributed by atoms with Crippen LogP contribution in [0.25, 0.3) is 0 Å². The molecular weight excluding hydrogens is 280 g/mol. The molecule has 0 bridgehead atoms. The fourth-order valence-electron chi connectivity index (χ4n) is 2.52. The summed E-state index contributed by atoms with van der Waals surface area (Å²) in [5.41, 5.74) is 2.37. The van der Waals surface area contributed by atoms with Crippen LogP contribution < -0.4 is 10.2 Å². The third-order valence-electron chi connectivity index (χ3n) is 3.47. The summed E-state index contributed by atoms with van der Waals surface area (Å²) < 4.78 is 0. The third kappa shape index (κ3) is 2.90. The van der Waals surface area contributed by atoms with Gasteiger partial charge in [0.05, 0.1) is 11.4 Å². The maximum atomic E-state index is 11.8. The number of rotatable bonds is 4. The van der Waals surface area contributed by atoms with E-state index in [0.717, 1.165) is 0 Å². The number of nitrogens with one attached hydrogen (secondary N) is 1. The molecular formula is C17H18N2OS. The predicted molar refractivity (Wildman–Crippen MR) is 87.3 cm³/mol. The van der Waals surface area contributed by atoms with Crippen molar-refractivity contribution >= 4 is 29.0 Å². The molecule has 0 aliphatic carbocycles. The highest BCUT2D eigenvalue weighted by Gasteiger charge is 2.22. The quantitative estimate of drug-likeness (QED) is 0.931. The average molecular weight is 298 g/mol. The van der Waals surface area contributed by atoms with E-state index in [1.54, 1.807) is 11.8 Å². The number of para-hydroxylation sites is 2. The van der Waals surface area contributed by atoms with Crippen molar-refractivity contribution in [2.45, 2.75) is 23.1 Å². The van der Waals surface area contributed by atoms with E-state index in [4.69, 9.17) is 0 Å². The van der Waals surface area contributed by atoms with Gasteiger partial charge in [-0.15, -0.1) is 0 Å². The molecule has 0 radical (unpaired) electrons. The molecule has 21 heavy (non-hydrogen) atoms. The summed E-state index contributed by atoms with van der Waals surface area (Å²) in [4.78, 5) is 16.5. The van der Waals surface area contributed by atoms with E-state index in [1.807, 2.05) is 19.1 Å². The molecule has 1 amide bonds. The van der Waals surface area contributed by atoms with E-state index < -0.39 is 0 Å². The Morgan fingerprint density at radius 3 is 2.19 bits per heavy atom. The first-order chi connectivity index (χ1) is 10.3. The normalized spacial score (nSPS) is 12.5. The maximum absolute atomic E-state index is 11.8. The second-order valence-electron chi connectivity index (χ2n) is 4.89. The van der Waals surface area contributed by atoms with Gasteiger partial charge in [0.15, 0.2) is 0 Å². The van der Waals surface area contributed by atoms with Crippen molar-refractivity contribution in [2.24, 2.45) is 0 Å². The Kier molecular flexibility index (Phi) is 4.15. The number of anilines is 2. The van der Waals surface area contributed by atoms with Crippen molar-refractivity contribution < 1.29 is 4.79 Å². The van der Waals surface area contributed by atoms with Crippen molar-refractivity contribution in [3.63, 3.8) is 0 Å². The third-order valence-corrected chi connectivity index (χ3v) is 4.60. The van der Waals surface area contributed by atoms with Crippen LogP contribution in [-0.2, 0) is 4.79 Å². The van der Waals surface area contributed by atoms with Gasteiger partial charge in [-0.3, -0.25) is 4.79 Å². The molecule has 1 heterocycles. The standard InChI is InChI=1S/C17H18N2OS/c1-2-18-17(20)11-12-19-13-7-3-5-9-15(13)21-16-10-6-4-8-14(16)19/h3-10H,2,11-12H2,1H3,(H,18,20). The zero-order valence-electron chi connectivity index (χ0n) is 12.0. The Bertz CT molecular complexity index is 611. The van der Waals surface area contributed by atoms with Gasteiger partial charge < -0.3 is 10.2 Å². The first kappa shape index (κ1) is 14.0. The molecule has 2 aromatic carbocycles. The van der Waals surface area contributed by atoms with Crippen molar-refractivity contribution in [1.82, 2.24) is 5.32 Å². The summed E-state index contributed by atoms with van der Waals surface area (Å²) in [6.45, 7) is 3.32. The Balaban J connectivity index is 1.89. The summed E-state index contributed by atoms with van der Waals surface area (Å²) in [6, 6.07) is 16.7. The lowest BCUT2D eigenvalue weighted by atomic mass is 10.2. The molecule has 0 unspecified atom stereocenters. The summed E-state index contributed by atoms with van der Waals surface area (Å²) in [6.07, 6.45) is 0.501. The molecule has 1 aliphatic rings. The van der Waals surface area contributed by atoms with E-state index in [1.165, 1.54) is 21.2 Å². The van der Waals surface area contributed by atoms with E-state index in [2.05, 4.69) is 46.6 Å². The highest BCUT2D eigenvalue weighted by Crippen LogP contribution is 2.47. The molecule has 0 aromatic heterocycles. The van der Waals surface area contributed by atoms with Gasteiger partial charge in [0.2, 0.25) is 5.91 Å². The van der Waals surface area contributed by atoms with E-state index in [-0.39, 0.29) is 5.91 Å².